The van der Waals surface area contributed by atoms with Gasteiger partial charge >= 0.3 is 15.6 Å². The van der Waals surface area contributed by atoms with Gasteiger partial charge in [-0.3, -0.25) is 0 Å². The predicted octanol–water partition coefficient (Wildman–Crippen LogP) is 4.37. The van der Waals surface area contributed by atoms with E-state index in [4.69, 9.17) is 3.79 Å². The van der Waals surface area contributed by atoms with E-state index in [0.29, 0.717) is 0 Å². The average molecular weight is 225 g/mol. The van der Waals surface area contributed by atoms with Gasteiger partial charge in [0.25, 0.3) is 0 Å². The molecule has 0 saturated heterocycles. The van der Waals surface area contributed by atoms with Crippen LogP contribution < -0.4 is 0 Å². The third-order valence-electron chi connectivity index (χ3n) is 2.45. The van der Waals surface area contributed by atoms with Gasteiger partial charge in [0.2, 0.25) is 0 Å². The van der Waals surface area contributed by atoms with E-state index in [1.165, 1.54) is 56.6 Å². The van der Waals surface area contributed by atoms with Crippen LogP contribution in [0.5, 0.6) is 0 Å². The molecule has 0 rings (SSSR count). The Morgan fingerprint density at radius 3 is 2.20 bits per heavy atom. The SMILES string of the molecule is C=CCCCCCCCCC[O][Al][CH2]C. The summed E-state index contributed by atoms with van der Waals surface area (Å²) < 4.78 is 5.51. The van der Waals surface area contributed by atoms with E-state index in [-0.39, 0.29) is 15.6 Å². The van der Waals surface area contributed by atoms with Gasteiger partial charge in [-0.2, -0.15) is 0 Å². The first-order chi connectivity index (χ1) is 7.41. The molecule has 0 aliphatic heterocycles. The summed E-state index contributed by atoms with van der Waals surface area (Å²) in [6, 6.07) is 0. The highest BCUT2D eigenvalue weighted by Crippen LogP contribution is 2.08. The largest absolute Gasteiger partial charge is 0.507 e. The second-order valence-corrected chi connectivity index (χ2v) is 5.48. The number of unbranched alkanes of at least 4 members (excludes halogenated alkanes) is 7. The van der Waals surface area contributed by atoms with Gasteiger partial charge in [0.05, 0.1) is 0 Å². The van der Waals surface area contributed by atoms with Crippen molar-refractivity contribution in [3.63, 3.8) is 0 Å². The normalized spacial score (nSPS) is 10.2. The number of rotatable bonds is 12. The van der Waals surface area contributed by atoms with E-state index in [9.17, 15) is 0 Å². The molecular weight excluding hydrogens is 199 g/mol. The number of hydrogen-bond donors (Lipinski definition) is 0. The fourth-order valence-electron chi connectivity index (χ4n) is 1.56. The number of allylic oxidation sites excluding steroid dienone is 1. The second kappa shape index (κ2) is 14.2. The van der Waals surface area contributed by atoms with Gasteiger partial charge in [0, 0.05) is 6.61 Å². The predicted molar refractivity (Wildman–Crippen MR) is 69.3 cm³/mol. The molecule has 0 aromatic carbocycles. The number of hydrogen-bond acceptors (Lipinski definition) is 1. The van der Waals surface area contributed by atoms with Gasteiger partial charge < -0.3 is 3.79 Å². The molecule has 87 valence electrons. The van der Waals surface area contributed by atoms with Crippen LogP contribution in [-0.4, -0.2) is 22.2 Å². The molecule has 0 aliphatic carbocycles. The molecule has 0 aromatic rings. The van der Waals surface area contributed by atoms with Crippen LogP contribution in [-0.2, 0) is 3.79 Å². The van der Waals surface area contributed by atoms with E-state index in [1.807, 2.05) is 6.08 Å². The summed E-state index contributed by atoms with van der Waals surface area (Å²) in [6.45, 7) is 6.92. The fraction of sp³-hybridized carbons (Fsp3) is 0.846. The maximum atomic E-state index is 5.51. The van der Waals surface area contributed by atoms with Crippen molar-refractivity contribution in [2.45, 2.75) is 63.6 Å². The molecule has 2 heteroatoms. The van der Waals surface area contributed by atoms with Crippen LogP contribution in [0.15, 0.2) is 12.7 Å². The van der Waals surface area contributed by atoms with Crippen molar-refractivity contribution in [1.29, 1.82) is 0 Å². The Bertz CT molecular complexity index is 126. The molecule has 0 spiro atoms. The van der Waals surface area contributed by atoms with E-state index >= 15 is 0 Å². The van der Waals surface area contributed by atoms with Gasteiger partial charge in [-0.25, -0.2) is 0 Å². The Hall–Kier alpha value is 0.232. The molecule has 1 nitrogen and oxygen atoms in total. The molecule has 0 aromatic heterocycles. The summed E-state index contributed by atoms with van der Waals surface area (Å²) in [5.74, 6) is 0. The van der Waals surface area contributed by atoms with Gasteiger partial charge in [0.15, 0.2) is 0 Å². The first-order valence-electron chi connectivity index (χ1n) is 6.46. The van der Waals surface area contributed by atoms with Crippen molar-refractivity contribution in [3.8, 4) is 0 Å². The van der Waals surface area contributed by atoms with Crippen molar-refractivity contribution >= 4 is 15.6 Å². The Morgan fingerprint density at radius 1 is 1.00 bits per heavy atom. The fourth-order valence-corrected chi connectivity index (χ4v) is 2.13. The summed E-state index contributed by atoms with van der Waals surface area (Å²) in [5.41, 5.74) is 0. The summed E-state index contributed by atoms with van der Waals surface area (Å²) in [6.07, 6.45) is 12.7. The summed E-state index contributed by atoms with van der Waals surface area (Å²) >= 11 is 0.288. The molecule has 1 radical (unpaired) electrons. The van der Waals surface area contributed by atoms with E-state index < -0.39 is 0 Å². The van der Waals surface area contributed by atoms with Gasteiger partial charge in [-0.05, 0) is 19.3 Å². The van der Waals surface area contributed by atoms with Crippen molar-refractivity contribution < 1.29 is 3.79 Å². The third-order valence-corrected chi connectivity index (χ3v) is 3.26. The van der Waals surface area contributed by atoms with E-state index in [0.717, 1.165) is 6.61 Å². The highest BCUT2D eigenvalue weighted by Gasteiger charge is 1.92. The van der Waals surface area contributed by atoms with Crippen LogP contribution in [0.4, 0.5) is 0 Å². The molecule has 0 unspecified atom stereocenters. The molecule has 0 amide bonds. The smallest absolute Gasteiger partial charge is 0.423 e. The topological polar surface area (TPSA) is 9.23 Å². The zero-order chi connectivity index (χ0) is 11.2. The van der Waals surface area contributed by atoms with Crippen LogP contribution in [0, 0.1) is 0 Å². The van der Waals surface area contributed by atoms with Crippen molar-refractivity contribution in [2.24, 2.45) is 0 Å². The molecular formula is C13H26AlO. The van der Waals surface area contributed by atoms with E-state index in [1.54, 1.807) is 0 Å². The molecule has 0 saturated carbocycles. The first-order valence-corrected chi connectivity index (χ1v) is 7.74. The lowest BCUT2D eigenvalue weighted by Gasteiger charge is -2.03. The lowest BCUT2D eigenvalue weighted by molar-refractivity contribution is 0.320. The Morgan fingerprint density at radius 2 is 1.60 bits per heavy atom. The highest BCUT2D eigenvalue weighted by atomic mass is 27.1. The average Bonchev–Trinajstić information content (AvgIpc) is 2.26. The molecule has 0 atom stereocenters. The third kappa shape index (κ3) is 14.2. The Labute approximate surface area is 102 Å². The maximum Gasteiger partial charge on any atom is 0.423 e. The molecule has 0 bridgehead atoms. The molecule has 0 fully saturated rings. The van der Waals surface area contributed by atoms with Gasteiger partial charge in [0.1, 0.15) is 0 Å². The van der Waals surface area contributed by atoms with Crippen LogP contribution in [0.25, 0.3) is 0 Å². The monoisotopic (exact) mass is 225 g/mol. The second-order valence-electron chi connectivity index (χ2n) is 4.00. The van der Waals surface area contributed by atoms with Crippen LogP contribution in [0.1, 0.15) is 58.3 Å². The van der Waals surface area contributed by atoms with Crippen molar-refractivity contribution in [2.75, 3.05) is 6.61 Å². The van der Waals surface area contributed by atoms with Crippen LogP contribution in [0.3, 0.4) is 0 Å². The molecule has 0 aliphatic rings. The minimum atomic E-state index is 0.288. The maximum absolute atomic E-state index is 5.51. The molecule has 15 heavy (non-hydrogen) atoms. The molecule has 0 N–H and O–H groups in total. The lowest BCUT2D eigenvalue weighted by atomic mass is 10.1. The zero-order valence-electron chi connectivity index (χ0n) is 10.3. The van der Waals surface area contributed by atoms with Crippen molar-refractivity contribution in [1.82, 2.24) is 0 Å². The summed E-state index contributed by atoms with van der Waals surface area (Å²) in [5, 5.41) is 1.23. The van der Waals surface area contributed by atoms with E-state index in [2.05, 4.69) is 13.5 Å². The molecule has 0 heterocycles. The minimum Gasteiger partial charge on any atom is -0.507 e. The van der Waals surface area contributed by atoms with Gasteiger partial charge in [-0.1, -0.05) is 50.4 Å². The minimum absolute atomic E-state index is 0.288. The summed E-state index contributed by atoms with van der Waals surface area (Å²) in [7, 11) is 0. The van der Waals surface area contributed by atoms with Crippen LogP contribution in [0.2, 0.25) is 5.28 Å². The first kappa shape index (κ1) is 15.2. The summed E-state index contributed by atoms with van der Waals surface area (Å²) in [4.78, 5) is 0. The van der Waals surface area contributed by atoms with Crippen molar-refractivity contribution in [3.05, 3.63) is 12.7 Å². The van der Waals surface area contributed by atoms with Crippen LogP contribution >= 0.6 is 0 Å². The van der Waals surface area contributed by atoms with Gasteiger partial charge in [-0.15, -0.1) is 6.58 Å². The Kier molecular flexibility index (Phi) is 14.5. The quantitative estimate of drug-likeness (QED) is 0.272. The standard InChI is InChI=1S/C11H21O.C2H5.Al/c1-2-3-4-5-6-7-8-9-10-11-12;1-2;/h2H,1,3-11H2;1H2,2H3;/q-1;;+1. The zero-order valence-corrected chi connectivity index (χ0v) is 11.5. The Balaban J connectivity index is 2.83. The lowest BCUT2D eigenvalue weighted by Crippen LogP contribution is -1.98. The highest BCUT2D eigenvalue weighted by molar-refractivity contribution is 6.26.